The van der Waals surface area contributed by atoms with Crippen LogP contribution in [-0.2, 0) is 31.0 Å². The first-order valence-corrected chi connectivity index (χ1v) is 48.6. The molecule has 2 aliphatic rings. The van der Waals surface area contributed by atoms with Crippen LogP contribution in [-0.4, -0.2) is 174 Å². The second kappa shape index (κ2) is 48.7. The van der Waals surface area contributed by atoms with Crippen molar-refractivity contribution in [1.29, 1.82) is 0 Å². The Morgan fingerprint density at radius 3 is 1.52 bits per heavy atom. The molecule has 1 aliphatic carbocycles. The number of rotatable bonds is 32. The molecule has 0 unspecified atom stereocenters. The number of anilines is 6. The van der Waals surface area contributed by atoms with Crippen molar-refractivity contribution in [2.24, 2.45) is 0 Å². The van der Waals surface area contributed by atoms with Gasteiger partial charge in [-0.1, -0.05) is 175 Å². The minimum atomic E-state index is -0.292. The second-order valence-corrected chi connectivity index (χ2v) is 36.5. The molecule has 1 aliphatic heterocycles. The van der Waals surface area contributed by atoms with Crippen molar-refractivity contribution in [3.05, 3.63) is 348 Å². The molecular weight excluding hydrogens is 1840 g/mol. The maximum atomic E-state index is 14.2. The van der Waals surface area contributed by atoms with Gasteiger partial charge in [-0.25, -0.2) is 72.1 Å². The van der Waals surface area contributed by atoms with Crippen molar-refractivity contribution < 1.29 is 32.2 Å². The molecule has 2 fully saturated rings. The van der Waals surface area contributed by atoms with Gasteiger partial charge in [-0.05, 0) is 219 Å². The van der Waals surface area contributed by atoms with Gasteiger partial charge in [-0.3, -0.25) is 14.3 Å². The quantitative estimate of drug-likeness (QED) is 0.0193. The molecule has 1 saturated heterocycles. The fourth-order valence-corrected chi connectivity index (χ4v) is 17.3. The molecule has 29 nitrogen and oxygen atoms in total. The first-order valence-electron chi connectivity index (χ1n) is 47.8. The number of ketones is 1. The topological polar surface area (TPSA) is 366 Å². The largest absolute Gasteiger partial charge is 0.497 e. The first-order chi connectivity index (χ1) is 70.1. The van der Waals surface area contributed by atoms with Crippen LogP contribution in [0.1, 0.15) is 120 Å². The molecule has 10 aromatic heterocycles. The number of piperidine rings is 1. The molecule has 1 saturated carbocycles. The number of unbranched alkanes of at least 4 members (excludes halogenated alkanes) is 2. The molecule has 0 bridgehead atoms. The SMILES string of the molecule is COc1ccc(NC(=O)c2cc(OCCCN(C)C)nn2Cc2ccccc2)cc1.Cc1ccc(Sc2ccccc2/C=C\C(=O)CCCCCN(C)C)cc1.Nc1nc(-c2nn(Cc3ccccc3F)c3ncccc23)nc(N)c1N1CCCCC1.Nc1nc(-c2nn(Cc3ccccc3F)c3ncccc23)ncc1-c1ccccc1.Nc1nc(-c2nn(Cc3ccccc3F)c3ncccc23)ncc1C1CC1. The zero-order valence-corrected chi connectivity index (χ0v) is 82.0. The van der Waals surface area contributed by atoms with Crippen molar-refractivity contribution in [2.45, 2.75) is 113 Å². The lowest BCUT2D eigenvalue weighted by molar-refractivity contribution is -0.114. The van der Waals surface area contributed by atoms with Gasteiger partial charge < -0.3 is 52.4 Å². The summed E-state index contributed by atoms with van der Waals surface area (Å²) in [6, 6.07) is 76.3. The Bertz CT molecular complexity index is 7400. The predicted molar refractivity (Wildman–Crippen MR) is 563 cm³/mol. The molecule has 8 aromatic carbocycles. The van der Waals surface area contributed by atoms with Gasteiger partial charge >= 0.3 is 0 Å². The first kappa shape index (κ1) is 101. The number of allylic oxidation sites excluding steroid dienone is 1. The summed E-state index contributed by atoms with van der Waals surface area (Å²) in [5.74, 6) is 3.53. The van der Waals surface area contributed by atoms with Crippen LogP contribution in [0.25, 0.3) is 84.9 Å². The number of nitrogens with one attached hydrogen (secondary N) is 1. The molecule has 144 heavy (non-hydrogen) atoms. The molecule has 11 heterocycles. The van der Waals surface area contributed by atoms with Crippen molar-refractivity contribution in [3.63, 3.8) is 0 Å². The standard InChI is InChI=1S/C23H17FN6.C23H28N4O3.C23H29NOS.C22H23FN8.C20H17FN6/c24-19-11-5-4-9-16(19)14-30-23-17(10-6-12-26-23)20(29-30)22-27-13-18(21(25)28-22)15-7-2-1-3-8-15;1-26(2)14-7-15-30-22-16-21(27(25-22)17-18-8-5-4-6-9-18)23(28)24-19-10-12-20(29-3)13-11-19;1-19-12-16-22(17-13-19)26-23-11-7-6-9-20(23)14-15-21(25)10-5-4-8-18-24(2)3;23-16-9-3-2-7-14(16)13-31-22-15(8-6-10-26-22)17(29-31)21-27-19(24)18(20(25)28-21)30-11-4-1-5-12-30;21-16-6-2-1-4-13(16)11-27-20-14(5-3-9-23-20)17(26-27)19-24-10-15(12-7-8-12)18(22)25-19/h1-13H,14H2,(H2,25,27,28);4-6,8-13,16H,7,14-15,17H2,1-3H3,(H,24,28);6-7,9,11-17H,4-5,8,10,18H2,1-3H3;2-3,6-10H,1,4-5,11-13H2,(H4,24,25,27,28);1-6,9-10,12H,7-8,11H2,(H2,22,24,25)/b;;15-14-;;. The van der Waals surface area contributed by atoms with E-state index in [1.165, 1.54) is 40.0 Å². The number of pyridine rings is 3. The third kappa shape index (κ3) is 26.4. The Morgan fingerprint density at radius 2 is 0.993 bits per heavy atom. The summed E-state index contributed by atoms with van der Waals surface area (Å²) in [5, 5.41) is 23.7. The summed E-state index contributed by atoms with van der Waals surface area (Å²) in [6.45, 7) is 7.67. The fraction of sp³-hybridized carbons (Fsp3) is 0.234. The van der Waals surface area contributed by atoms with Gasteiger partial charge in [0.2, 0.25) is 5.88 Å². The van der Waals surface area contributed by atoms with Crippen LogP contribution in [0, 0.1) is 24.4 Å². The lowest BCUT2D eigenvalue weighted by Crippen LogP contribution is -2.31. The molecule has 1 amide bonds. The smallest absolute Gasteiger partial charge is 0.274 e. The van der Waals surface area contributed by atoms with Crippen LogP contribution in [0.15, 0.2) is 296 Å². The lowest BCUT2D eigenvalue weighted by Gasteiger charge is -2.29. The van der Waals surface area contributed by atoms with Crippen molar-refractivity contribution >= 4 is 97.3 Å². The summed E-state index contributed by atoms with van der Waals surface area (Å²) in [4.78, 5) is 74.2. The van der Waals surface area contributed by atoms with Crippen LogP contribution in [0.2, 0.25) is 0 Å². The number of benzene rings is 8. The van der Waals surface area contributed by atoms with Crippen LogP contribution < -0.4 is 42.6 Å². The van der Waals surface area contributed by atoms with E-state index < -0.39 is 0 Å². The predicted octanol–water partition coefficient (Wildman–Crippen LogP) is 20.5. The number of ether oxygens (including phenoxy) is 2. The number of amides is 1. The monoisotopic (exact) mass is 1950 g/mol. The lowest BCUT2D eigenvalue weighted by atomic mass is 10.1. The van der Waals surface area contributed by atoms with Gasteiger partial charge in [0.15, 0.2) is 51.8 Å². The summed E-state index contributed by atoms with van der Waals surface area (Å²) >= 11 is 1.73. The molecule has 33 heteroatoms. The molecular formula is C111H114F3N25O4S. The zero-order valence-electron chi connectivity index (χ0n) is 81.2. The number of hydrogen-bond acceptors (Lipinski definition) is 25. The number of methoxy groups -OCH3 is 1. The number of aryl methyl sites for hydroxylation is 1. The third-order valence-corrected chi connectivity index (χ3v) is 25.1. The number of hydrogen-bond donors (Lipinski definition) is 5. The van der Waals surface area contributed by atoms with E-state index in [1.54, 1.807) is 160 Å². The van der Waals surface area contributed by atoms with Crippen molar-refractivity contribution in [2.75, 3.05) is 101 Å². The highest BCUT2D eigenvalue weighted by atomic mass is 32.2. The number of nitrogen functional groups attached to an aromatic ring is 4. The average Bonchev–Trinajstić information content (AvgIpc) is 1.63. The highest BCUT2D eigenvalue weighted by molar-refractivity contribution is 7.99. The van der Waals surface area contributed by atoms with Gasteiger partial charge in [0.1, 0.15) is 63.3 Å². The highest BCUT2D eigenvalue weighted by Gasteiger charge is 2.30. The van der Waals surface area contributed by atoms with E-state index in [0.29, 0.717) is 140 Å². The summed E-state index contributed by atoms with van der Waals surface area (Å²) in [7, 11) is 9.82. The van der Waals surface area contributed by atoms with Crippen molar-refractivity contribution in [1.82, 2.24) is 93.8 Å². The van der Waals surface area contributed by atoms with E-state index >= 15 is 0 Å². The molecule has 0 spiro atoms. The minimum absolute atomic E-state index is 0.213. The Kier molecular flexibility index (Phi) is 34.0. The maximum Gasteiger partial charge on any atom is 0.274 e. The minimum Gasteiger partial charge on any atom is -0.497 e. The van der Waals surface area contributed by atoms with E-state index in [1.807, 2.05) is 129 Å². The Hall–Kier alpha value is -16.4. The van der Waals surface area contributed by atoms with E-state index in [-0.39, 0.29) is 48.8 Å². The number of fused-ring (bicyclic) bond motifs is 3. The Morgan fingerprint density at radius 1 is 0.493 bits per heavy atom. The average molecular weight is 1950 g/mol. The number of carbonyl (C=O) groups excluding carboxylic acids is 2. The number of halogens is 3. The van der Waals surface area contributed by atoms with E-state index in [0.717, 1.165) is 127 Å². The van der Waals surface area contributed by atoms with Crippen LogP contribution >= 0.6 is 11.8 Å². The molecule has 0 atom stereocenters. The molecule has 9 N–H and O–H groups in total. The summed E-state index contributed by atoms with van der Waals surface area (Å²) in [5.41, 5.74) is 38.1. The number of aromatic nitrogens is 17. The molecule has 734 valence electrons. The normalized spacial score (nSPS) is 12.3. The van der Waals surface area contributed by atoms with Crippen LogP contribution in [0.4, 0.5) is 47.8 Å². The van der Waals surface area contributed by atoms with E-state index in [2.05, 4.69) is 143 Å². The van der Waals surface area contributed by atoms with Gasteiger partial charge in [-0.2, -0.15) is 15.3 Å². The molecule has 18 aromatic rings. The Labute approximate surface area is 837 Å². The van der Waals surface area contributed by atoms with Crippen molar-refractivity contribution in [3.8, 4) is 57.3 Å². The van der Waals surface area contributed by atoms with Gasteiger partial charge in [-0.15, -0.1) is 5.10 Å². The third-order valence-electron chi connectivity index (χ3n) is 24.0. The van der Waals surface area contributed by atoms with Gasteiger partial charge in [0.25, 0.3) is 5.91 Å². The van der Waals surface area contributed by atoms with Gasteiger partial charge in [0, 0.05) is 106 Å². The van der Waals surface area contributed by atoms with Crippen LogP contribution in [0.3, 0.4) is 0 Å². The Balaban J connectivity index is 0.000000129. The van der Waals surface area contributed by atoms with E-state index in [9.17, 15) is 22.8 Å². The second-order valence-electron chi connectivity index (χ2n) is 35.4. The summed E-state index contributed by atoms with van der Waals surface area (Å²) < 4.78 is 60.1. The maximum absolute atomic E-state index is 14.2. The molecule has 0 radical (unpaired) electrons. The van der Waals surface area contributed by atoms with Gasteiger partial charge in [0.05, 0.1) is 56.1 Å². The zero-order chi connectivity index (χ0) is 100. The summed E-state index contributed by atoms with van der Waals surface area (Å²) in [6.07, 6.45) is 22.6. The highest BCUT2D eigenvalue weighted by Crippen LogP contribution is 2.43. The van der Waals surface area contributed by atoms with E-state index in [4.69, 9.17) is 32.4 Å². The molecule has 20 rings (SSSR count). The number of nitrogens with two attached hydrogens (primary N) is 4. The fourth-order valence-electron chi connectivity index (χ4n) is 16.4. The number of carbonyl (C=O) groups is 2. The number of nitrogens with zero attached hydrogens (tertiary/aromatic N) is 20. The van der Waals surface area contributed by atoms with Crippen LogP contribution in [0.5, 0.6) is 11.6 Å².